The van der Waals surface area contributed by atoms with Crippen molar-refractivity contribution in [2.45, 2.75) is 0 Å². The van der Waals surface area contributed by atoms with Crippen molar-refractivity contribution in [3.05, 3.63) is 29.8 Å². The zero-order chi connectivity index (χ0) is 11.3. The molecule has 98 valence electrons. The van der Waals surface area contributed by atoms with Crippen molar-refractivity contribution < 1.29 is 9.90 Å². The summed E-state index contributed by atoms with van der Waals surface area (Å²) in [5.41, 5.74) is 1.26. The van der Waals surface area contributed by atoms with Crippen LogP contribution >= 0.6 is 24.8 Å². The van der Waals surface area contributed by atoms with Gasteiger partial charge in [-0.3, -0.25) is 0 Å². The van der Waals surface area contributed by atoms with Crippen molar-refractivity contribution in [2.24, 2.45) is 0 Å². The third-order valence-corrected chi connectivity index (χ3v) is 2.02. The molecule has 0 saturated carbocycles. The van der Waals surface area contributed by atoms with E-state index in [9.17, 15) is 4.79 Å². The van der Waals surface area contributed by atoms with Gasteiger partial charge in [0.05, 0.1) is 5.56 Å². The number of halogens is 2. The second kappa shape index (κ2) is 9.10. The number of hydrogen-bond acceptors (Lipinski definition) is 3. The lowest BCUT2D eigenvalue weighted by atomic mass is 10.2. The highest BCUT2D eigenvalue weighted by molar-refractivity contribution is 5.88. The van der Waals surface area contributed by atoms with Crippen LogP contribution in [0, 0.1) is 0 Å². The molecule has 1 rings (SSSR count). The molecule has 6 heteroatoms. The van der Waals surface area contributed by atoms with Crippen LogP contribution in [0.1, 0.15) is 10.4 Å². The van der Waals surface area contributed by atoms with Crippen molar-refractivity contribution in [1.29, 1.82) is 0 Å². The maximum atomic E-state index is 10.6. The van der Waals surface area contributed by atoms with Crippen molar-refractivity contribution in [3.8, 4) is 0 Å². The summed E-state index contributed by atoms with van der Waals surface area (Å²) in [6.07, 6.45) is 0. The molecular formula is C11H18Cl2N2O2. The van der Waals surface area contributed by atoms with Crippen molar-refractivity contribution >= 4 is 36.5 Å². The van der Waals surface area contributed by atoms with Crippen molar-refractivity contribution in [2.75, 3.05) is 32.5 Å². The third kappa shape index (κ3) is 7.05. The first-order chi connectivity index (χ1) is 7.09. The third-order valence-electron chi connectivity index (χ3n) is 2.02. The molecule has 0 atom stereocenters. The molecule has 0 bridgehead atoms. The van der Waals surface area contributed by atoms with Gasteiger partial charge in [-0.2, -0.15) is 0 Å². The van der Waals surface area contributed by atoms with E-state index in [1.54, 1.807) is 24.3 Å². The molecular weight excluding hydrogens is 263 g/mol. The van der Waals surface area contributed by atoms with Crippen LogP contribution in [0.4, 0.5) is 5.69 Å². The zero-order valence-corrected chi connectivity index (χ0v) is 11.5. The summed E-state index contributed by atoms with van der Waals surface area (Å²) in [6, 6.07) is 6.75. The van der Waals surface area contributed by atoms with E-state index in [0.717, 1.165) is 18.8 Å². The number of carboxylic acids is 1. The summed E-state index contributed by atoms with van der Waals surface area (Å²) < 4.78 is 0. The van der Waals surface area contributed by atoms with Crippen LogP contribution in [-0.2, 0) is 0 Å². The Morgan fingerprint density at radius 1 is 1.24 bits per heavy atom. The van der Waals surface area contributed by atoms with E-state index < -0.39 is 5.97 Å². The average molecular weight is 281 g/mol. The average Bonchev–Trinajstić information content (AvgIpc) is 2.18. The predicted molar refractivity (Wildman–Crippen MR) is 74.9 cm³/mol. The minimum atomic E-state index is -0.894. The fourth-order valence-electron chi connectivity index (χ4n) is 1.15. The van der Waals surface area contributed by atoms with Gasteiger partial charge >= 0.3 is 5.97 Å². The number of carboxylic acid groups (broad SMARTS) is 1. The Kier molecular flexibility index (Phi) is 9.85. The number of anilines is 1. The van der Waals surface area contributed by atoms with Gasteiger partial charge in [0.1, 0.15) is 0 Å². The molecule has 0 unspecified atom stereocenters. The Balaban J connectivity index is 0. The summed E-state index contributed by atoms with van der Waals surface area (Å²) in [5.74, 6) is -0.894. The van der Waals surface area contributed by atoms with E-state index in [2.05, 4.69) is 10.2 Å². The van der Waals surface area contributed by atoms with Crippen LogP contribution in [0.5, 0.6) is 0 Å². The van der Waals surface area contributed by atoms with Gasteiger partial charge in [0.2, 0.25) is 0 Å². The minimum absolute atomic E-state index is 0. The highest BCUT2D eigenvalue weighted by atomic mass is 35.5. The lowest BCUT2D eigenvalue weighted by Gasteiger charge is -2.11. The molecule has 0 fully saturated rings. The van der Waals surface area contributed by atoms with Crippen molar-refractivity contribution in [1.82, 2.24) is 4.90 Å². The van der Waals surface area contributed by atoms with E-state index in [-0.39, 0.29) is 24.8 Å². The Morgan fingerprint density at radius 3 is 2.18 bits per heavy atom. The van der Waals surface area contributed by atoms with Crippen LogP contribution in [0.3, 0.4) is 0 Å². The standard InChI is InChI=1S/C11H16N2O2.2ClH/c1-13(2)8-7-12-10-5-3-9(4-6-10)11(14)15;;/h3-6,12H,7-8H2,1-2H3,(H,14,15);2*1H. The lowest BCUT2D eigenvalue weighted by molar-refractivity contribution is 0.0697. The second-order valence-electron chi connectivity index (χ2n) is 3.61. The molecule has 0 amide bonds. The molecule has 0 aromatic heterocycles. The first-order valence-electron chi connectivity index (χ1n) is 4.81. The molecule has 17 heavy (non-hydrogen) atoms. The van der Waals surface area contributed by atoms with Crippen LogP contribution in [0.25, 0.3) is 0 Å². The van der Waals surface area contributed by atoms with Gasteiger partial charge in [-0.1, -0.05) is 0 Å². The molecule has 0 aliphatic rings. The molecule has 4 nitrogen and oxygen atoms in total. The molecule has 1 aromatic carbocycles. The van der Waals surface area contributed by atoms with Crippen LogP contribution in [0.15, 0.2) is 24.3 Å². The molecule has 1 aromatic rings. The molecule has 0 spiro atoms. The van der Waals surface area contributed by atoms with Crippen LogP contribution in [0.2, 0.25) is 0 Å². The number of carbonyl (C=O) groups is 1. The maximum Gasteiger partial charge on any atom is 0.335 e. The number of aromatic carboxylic acids is 1. The number of nitrogens with zero attached hydrogens (tertiary/aromatic N) is 1. The highest BCUT2D eigenvalue weighted by Gasteiger charge is 2.00. The van der Waals surface area contributed by atoms with Gasteiger partial charge in [-0.05, 0) is 38.4 Å². The van der Waals surface area contributed by atoms with Crippen LogP contribution in [-0.4, -0.2) is 43.2 Å². The number of likely N-dealkylation sites (N-methyl/N-ethyl adjacent to an activating group) is 1. The van der Waals surface area contributed by atoms with Gasteiger partial charge in [0.25, 0.3) is 0 Å². The fourth-order valence-corrected chi connectivity index (χ4v) is 1.15. The smallest absolute Gasteiger partial charge is 0.335 e. The maximum absolute atomic E-state index is 10.6. The SMILES string of the molecule is CN(C)CCNc1ccc(C(=O)O)cc1.Cl.Cl. The van der Waals surface area contributed by atoms with E-state index >= 15 is 0 Å². The van der Waals surface area contributed by atoms with Gasteiger partial charge in [0.15, 0.2) is 0 Å². The molecule has 0 aliphatic heterocycles. The highest BCUT2D eigenvalue weighted by Crippen LogP contribution is 2.08. The molecule has 0 aliphatic carbocycles. The van der Waals surface area contributed by atoms with E-state index in [1.807, 2.05) is 14.1 Å². The largest absolute Gasteiger partial charge is 0.478 e. The van der Waals surface area contributed by atoms with E-state index in [4.69, 9.17) is 5.11 Å². The molecule has 0 saturated heterocycles. The minimum Gasteiger partial charge on any atom is -0.478 e. The Labute approximate surface area is 114 Å². The topological polar surface area (TPSA) is 52.6 Å². The first-order valence-corrected chi connectivity index (χ1v) is 4.81. The number of rotatable bonds is 5. The second-order valence-corrected chi connectivity index (χ2v) is 3.61. The summed E-state index contributed by atoms with van der Waals surface area (Å²) in [6.45, 7) is 1.79. The number of benzene rings is 1. The van der Waals surface area contributed by atoms with Gasteiger partial charge in [0, 0.05) is 18.8 Å². The number of nitrogens with one attached hydrogen (secondary N) is 1. The molecule has 0 heterocycles. The Morgan fingerprint density at radius 2 is 1.76 bits per heavy atom. The van der Waals surface area contributed by atoms with E-state index in [1.165, 1.54) is 0 Å². The summed E-state index contributed by atoms with van der Waals surface area (Å²) in [7, 11) is 4.02. The van der Waals surface area contributed by atoms with Gasteiger partial charge in [-0.15, -0.1) is 24.8 Å². The molecule has 0 radical (unpaired) electrons. The van der Waals surface area contributed by atoms with E-state index in [0.29, 0.717) is 5.56 Å². The van der Waals surface area contributed by atoms with Crippen LogP contribution < -0.4 is 5.32 Å². The van der Waals surface area contributed by atoms with Crippen molar-refractivity contribution in [3.63, 3.8) is 0 Å². The summed E-state index contributed by atoms with van der Waals surface area (Å²) in [5, 5.41) is 11.9. The predicted octanol–water partition coefficient (Wildman–Crippen LogP) is 2.20. The lowest BCUT2D eigenvalue weighted by Crippen LogP contribution is -2.20. The summed E-state index contributed by atoms with van der Waals surface area (Å²) in [4.78, 5) is 12.7. The molecule has 2 N–H and O–H groups in total. The monoisotopic (exact) mass is 280 g/mol. The van der Waals surface area contributed by atoms with Gasteiger partial charge < -0.3 is 15.3 Å². The number of hydrogen-bond donors (Lipinski definition) is 2. The Bertz CT molecular complexity index is 329. The summed E-state index contributed by atoms with van der Waals surface area (Å²) >= 11 is 0. The normalized spacial score (nSPS) is 9.12. The fraction of sp³-hybridized carbons (Fsp3) is 0.364. The zero-order valence-electron chi connectivity index (χ0n) is 9.84. The quantitative estimate of drug-likeness (QED) is 0.868. The Hall–Kier alpha value is -0.970. The first kappa shape index (κ1) is 18.4. The van der Waals surface area contributed by atoms with Gasteiger partial charge in [-0.25, -0.2) is 4.79 Å².